The summed E-state index contributed by atoms with van der Waals surface area (Å²) in [5.41, 5.74) is 0. The smallest absolute Gasteiger partial charge is 0.335 e. The van der Waals surface area contributed by atoms with E-state index < -0.39 is 36.7 Å². The zero-order valence-electron chi connectivity index (χ0n) is 15.2. The first-order valence-electron chi connectivity index (χ1n) is 9.53. The Morgan fingerprint density at radius 3 is 1.88 bits per heavy atom. The third-order valence-corrected chi connectivity index (χ3v) is 4.59. The molecule has 0 unspecified atom stereocenters. The van der Waals surface area contributed by atoms with Crippen molar-refractivity contribution in [2.45, 2.75) is 102 Å². The van der Waals surface area contributed by atoms with Crippen LogP contribution in [-0.2, 0) is 14.3 Å². The molecule has 7 nitrogen and oxygen atoms in total. The highest BCUT2D eigenvalue weighted by Crippen LogP contribution is 2.22. The Kier molecular flexibility index (Phi) is 11.2. The van der Waals surface area contributed by atoms with Gasteiger partial charge in [-0.15, -0.1) is 0 Å². The lowest BCUT2D eigenvalue weighted by Crippen LogP contribution is -2.60. The molecular formula is C18H34O7. The Morgan fingerprint density at radius 1 is 0.840 bits per heavy atom. The van der Waals surface area contributed by atoms with Crippen LogP contribution in [0.1, 0.15) is 71.1 Å². The molecule has 0 aromatic heterocycles. The van der Waals surface area contributed by atoms with Crippen LogP contribution in [-0.4, -0.2) is 63.7 Å². The highest BCUT2D eigenvalue weighted by Gasteiger charge is 2.47. The lowest BCUT2D eigenvalue weighted by molar-refractivity contribution is -0.294. The predicted molar refractivity (Wildman–Crippen MR) is 92.1 cm³/mol. The molecule has 0 aliphatic carbocycles. The van der Waals surface area contributed by atoms with Crippen LogP contribution in [0.25, 0.3) is 0 Å². The number of aliphatic carboxylic acids is 1. The maximum absolute atomic E-state index is 11.0. The monoisotopic (exact) mass is 362 g/mol. The van der Waals surface area contributed by atoms with Gasteiger partial charge in [0.25, 0.3) is 0 Å². The molecule has 0 radical (unpaired) electrons. The van der Waals surface area contributed by atoms with Crippen LogP contribution in [0, 0.1) is 0 Å². The van der Waals surface area contributed by atoms with Gasteiger partial charge < -0.3 is 29.9 Å². The van der Waals surface area contributed by atoms with Gasteiger partial charge in [0.05, 0.1) is 0 Å². The molecule has 0 aromatic rings. The minimum Gasteiger partial charge on any atom is -0.479 e. The highest BCUT2D eigenvalue weighted by molar-refractivity contribution is 5.73. The van der Waals surface area contributed by atoms with E-state index in [2.05, 4.69) is 6.92 Å². The van der Waals surface area contributed by atoms with Crippen LogP contribution >= 0.6 is 0 Å². The average molecular weight is 362 g/mol. The number of carboxylic acids is 1. The molecule has 25 heavy (non-hydrogen) atoms. The van der Waals surface area contributed by atoms with Crippen molar-refractivity contribution in [2.75, 3.05) is 6.61 Å². The molecule has 1 aliphatic heterocycles. The number of carbonyl (C=O) groups is 1. The Balaban J connectivity index is 2.10. The summed E-state index contributed by atoms with van der Waals surface area (Å²) < 4.78 is 10.4. The predicted octanol–water partition coefficient (Wildman–Crippen LogP) is 1.82. The molecule has 0 saturated carbocycles. The number of aliphatic hydroxyl groups is 3. The first-order chi connectivity index (χ1) is 12.0. The molecule has 1 heterocycles. The van der Waals surface area contributed by atoms with Crippen molar-refractivity contribution in [3.8, 4) is 0 Å². The Hall–Kier alpha value is -0.730. The lowest BCUT2D eigenvalue weighted by Gasteiger charge is -2.38. The molecule has 7 heteroatoms. The van der Waals surface area contributed by atoms with E-state index >= 15 is 0 Å². The normalized spacial score (nSPS) is 29.7. The van der Waals surface area contributed by atoms with Gasteiger partial charge in [0.2, 0.25) is 0 Å². The molecule has 1 saturated heterocycles. The summed E-state index contributed by atoms with van der Waals surface area (Å²) >= 11 is 0. The van der Waals surface area contributed by atoms with Crippen LogP contribution in [0.2, 0.25) is 0 Å². The fraction of sp³-hybridized carbons (Fsp3) is 0.944. The first-order valence-corrected chi connectivity index (χ1v) is 9.53. The summed E-state index contributed by atoms with van der Waals surface area (Å²) in [4.78, 5) is 11.0. The van der Waals surface area contributed by atoms with Crippen molar-refractivity contribution in [2.24, 2.45) is 0 Å². The summed E-state index contributed by atoms with van der Waals surface area (Å²) in [7, 11) is 0. The van der Waals surface area contributed by atoms with Gasteiger partial charge in [-0.25, -0.2) is 4.79 Å². The number of hydrogen-bond acceptors (Lipinski definition) is 6. The first kappa shape index (κ1) is 22.3. The minimum atomic E-state index is -1.68. The quantitative estimate of drug-likeness (QED) is 0.369. The largest absolute Gasteiger partial charge is 0.479 e. The van der Waals surface area contributed by atoms with E-state index in [0.29, 0.717) is 6.61 Å². The topological polar surface area (TPSA) is 116 Å². The molecule has 0 bridgehead atoms. The highest BCUT2D eigenvalue weighted by atomic mass is 16.7. The molecule has 1 aliphatic rings. The number of carboxylic acid groups (broad SMARTS) is 1. The second-order valence-corrected chi connectivity index (χ2v) is 6.79. The van der Waals surface area contributed by atoms with Gasteiger partial charge in [-0.3, -0.25) is 0 Å². The van der Waals surface area contributed by atoms with Crippen LogP contribution in [0.15, 0.2) is 0 Å². The number of unbranched alkanes of at least 4 members (excludes halogenated alkanes) is 9. The third kappa shape index (κ3) is 8.00. The maximum atomic E-state index is 11.0. The molecule has 0 amide bonds. The molecule has 148 valence electrons. The van der Waals surface area contributed by atoms with Crippen molar-refractivity contribution < 1.29 is 34.7 Å². The van der Waals surface area contributed by atoms with E-state index in [4.69, 9.17) is 14.6 Å². The molecule has 5 atom stereocenters. The molecule has 1 rings (SSSR count). The van der Waals surface area contributed by atoms with Gasteiger partial charge in [-0.05, 0) is 6.42 Å². The van der Waals surface area contributed by atoms with E-state index in [1.54, 1.807) is 0 Å². The molecular weight excluding hydrogens is 328 g/mol. The van der Waals surface area contributed by atoms with Crippen LogP contribution in [0.5, 0.6) is 0 Å². The van der Waals surface area contributed by atoms with Gasteiger partial charge in [0.15, 0.2) is 12.4 Å². The molecule has 0 spiro atoms. The van der Waals surface area contributed by atoms with E-state index in [9.17, 15) is 20.1 Å². The summed E-state index contributed by atoms with van der Waals surface area (Å²) in [6.45, 7) is 2.53. The third-order valence-electron chi connectivity index (χ3n) is 4.59. The minimum absolute atomic E-state index is 0.313. The van der Waals surface area contributed by atoms with Crippen LogP contribution in [0.4, 0.5) is 0 Å². The van der Waals surface area contributed by atoms with E-state index in [1.165, 1.54) is 44.9 Å². The second kappa shape index (κ2) is 12.6. The van der Waals surface area contributed by atoms with E-state index in [0.717, 1.165) is 19.3 Å². The van der Waals surface area contributed by atoms with Crippen LogP contribution < -0.4 is 0 Å². The zero-order chi connectivity index (χ0) is 18.7. The fourth-order valence-corrected chi connectivity index (χ4v) is 2.98. The van der Waals surface area contributed by atoms with Gasteiger partial charge >= 0.3 is 5.97 Å². The van der Waals surface area contributed by atoms with Gasteiger partial charge in [0.1, 0.15) is 18.3 Å². The van der Waals surface area contributed by atoms with Crippen molar-refractivity contribution >= 4 is 5.97 Å². The second-order valence-electron chi connectivity index (χ2n) is 6.79. The zero-order valence-corrected chi connectivity index (χ0v) is 15.2. The Labute approximate surface area is 150 Å². The lowest BCUT2D eigenvalue weighted by atomic mass is 9.99. The number of hydrogen-bond donors (Lipinski definition) is 4. The SMILES string of the molecule is CCCCCCCCCCCCO[C@@H]1O[C@H](C(=O)O)[C@@H](O)[C@H](O)[C@H]1O. The molecule has 1 fully saturated rings. The molecule has 4 N–H and O–H groups in total. The maximum Gasteiger partial charge on any atom is 0.335 e. The fourth-order valence-electron chi connectivity index (χ4n) is 2.98. The van der Waals surface area contributed by atoms with Crippen molar-refractivity contribution in [3.05, 3.63) is 0 Å². The van der Waals surface area contributed by atoms with E-state index in [1.807, 2.05) is 0 Å². The average Bonchev–Trinajstić information content (AvgIpc) is 2.59. The summed E-state index contributed by atoms with van der Waals surface area (Å²) in [6.07, 6.45) is 4.26. The Morgan fingerprint density at radius 2 is 1.36 bits per heavy atom. The molecule has 0 aromatic carbocycles. The van der Waals surface area contributed by atoms with Gasteiger partial charge in [-0.2, -0.15) is 0 Å². The summed E-state index contributed by atoms with van der Waals surface area (Å²) in [5, 5.41) is 38.0. The van der Waals surface area contributed by atoms with Crippen molar-refractivity contribution in [3.63, 3.8) is 0 Å². The van der Waals surface area contributed by atoms with Gasteiger partial charge in [-0.1, -0.05) is 64.7 Å². The van der Waals surface area contributed by atoms with Crippen molar-refractivity contribution in [1.82, 2.24) is 0 Å². The number of aliphatic hydroxyl groups excluding tert-OH is 3. The number of ether oxygens (including phenoxy) is 2. The standard InChI is InChI=1S/C18H34O7/c1-2-3-4-5-6-7-8-9-10-11-12-24-18-15(21)13(19)14(20)16(25-18)17(22)23/h13-16,18-21H,2-12H2,1H3,(H,22,23)/t13-,14-,15+,16-,18+/m0/s1. The summed E-state index contributed by atoms with van der Waals surface area (Å²) in [6, 6.07) is 0. The number of rotatable bonds is 13. The van der Waals surface area contributed by atoms with E-state index in [-0.39, 0.29) is 0 Å². The van der Waals surface area contributed by atoms with Gasteiger partial charge in [0, 0.05) is 6.61 Å². The van der Waals surface area contributed by atoms with Crippen molar-refractivity contribution in [1.29, 1.82) is 0 Å². The summed E-state index contributed by atoms with van der Waals surface area (Å²) in [5.74, 6) is -1.40. The van der Waals surface area contributed by atoms with Crippen LogP contribution in [0.3, 0.4) is 0 Å². The Bertz CT molecular complexity index is 363.